The molecule has 3 rings (SSSR count). The molecule has 1 heterocycles. The number of carbonyl (C=O) groups is 1. The van der Waals surface area contributed by atoms with E-state index in [2.05, 4.69) is 6.92 Å². The Labute approximate surface area is 118 Å². The Hall–Kier alpha value is -1.90. The maximum Gasteiger partial charge on any atom is 0.254 e. The van der Waals surface area contributed by atoms with Crippen LogP contribution in [0.1, 0.15) is 36.5 Å². The fraction of sp³-hybridized carbons (Fsp3) is 0.353. The van der Waals surface area contributed by atoms with Gasteiger partial charge in [0.1, 0.15) is 5.82 Å². The minimum atomic E-state index is -0.274. The van der Waals surface area contributed by atoms with Gasteiger partial charge >= 0.3 is 0 Å². The molecule has 2 aromatic rings. The molecule has 2 nitrogen and oxygen atoms in total. The van der Waals surface area contributed by atoms with E-state index >= 15 is 0 Å². The van der Waals surface area contributed by atoms with Gasteiger partial charge in [0.15, 0.2) is 0 Å². The summed E-state index contributed by atoms with van der Waals surface area (Å²) in [5.74, 6) is -0.253. The first-order valence-electron chi connectivity index (χ1n) is 7.16. The smallest absolute Gasteiger partial charge is 0.254 e. The SMILES string of the molecule is CC1CCCCN1C(=O)c1ccc(F)c2ccccc12. The monoisotopic (exact) mass is 271 g/mol. The Morgan fingerprint density at radius 2 is 1.90 bits per heavy atom. The van der Waals surface area contributed by atoms with Crippen LogP contribution >= 0.6 is 0 Å². The summed E-state index contributed by atoms with van der Waals surface area (Å²) in [6, 6.07) is 10.5. The molecule has 20 heavy (non-hydrogen) atoms. The van der Waals surface area contributed by atoms with Crippen LogP contribution in [0.4, 0.5) is 4.39 Å². The number of rotatable bonds is 1. The Kier molecular flexibility index (Phi) is 3.43. The average molecular weight is 271 g/mol. The molecular weight excluding hydrogens is 253 g/mol. The number of fused-ring (bicyclic) bond motifs is 1. The Morgan fingerprint density at radius 3 is 2.65 bits per heavy atom. The number of benzene rings is 2. The van der Waals surface area contributed by atoms with E-state index < -0.39 is 0 Å². The highest BCUT2D eigenvalue weighted by Crippen LogP contribution is 2.25. The molecule has 1 saturated heterocycles. The van der Waals surface area contributed by atoms with Crippen LogP contribution in [0.2, 0.25) is 0 Å². The zero-order chi connectivity index (χ0) is 14.1. The molecule has 0 aliphatic carbocycles. The highest BCUT2D eigenvalue weighted by atomic mass is 19.1. The van der Waals surface area contributed by atoms with Crippen LogP contribution in [-0.4, -0.2) is 23.4 Å². The fourth-order valence-corrected chi connectivity index (χ4v) is 3.00. The molecule has 0 N–H and O–H groups in total. The summed E-state index contributed by atoms with van der Waals surface area (Å²) in [5, 5.41) is 1.22. The van der Waals surface area contributed by atoms with E-state index in [-0.39, 0.29) is 17.8 Å². The second kappa shape index (κ2) is 5.23. The number of hydrogen-bond acceptors (Lipinski definition) is 1. The van der Waals surface area contributed by atoms with E-state index in [4.69, 9.17) is 0 Å². The molecule has 1 aliphatic rings. The first kappa shape index (κ1) is 13.1. The third kappa shape index (κ3) is 2.17. The molecular formula is C17H18FNO. The largest absolute Gasteiger partial charge is 0.336 e. The van der Waals surface area contributed by atoms with Gasteiger partial charge in [-0.3, -0.25) is 4.79 Å². The van der Waals surface area contributed by atoms with Crippen molar-refractivity contribution in [3.63, 3.8) is 0 Å². The van der Waals surface area contributed by atoms with Crippen LogP contribution in [0.3, 0.4) is 0 Å². The summed E-state index contributed by atoms with van der Waals surface area (Å²) in [4.78, 5) is 14.7. The molecule has 2 aromatic carbocycles. The van der Waals surface area contributed by atoms with E-state index in [0.29, 0.717) is 16.3 Å². The molecule has 1 unspecified atom stereocenters. The summed E-state index contributed by atoms with van der Waals surface area (Å²) in [5.41, 5.74) is 0.607. The molecule has 0 spiro atoms. The first-order chi connectivity index (χ1) is 9.68. The molecule has 0 bridgehead atoms. The topological polar surface area (TPSA) is 20.3 Å². The molecule has 0 saturated carbocycles. The fourth-order valence-electron chi connectivity index (χ4n) is 3.00. The highest BCUT2D eigenvalue weighted by molar-refractivity contribution is 6.07. The lowest BCUT2D eigenvalue weighted by molar-refractivity contribution is 0.0637. The number of amides is 1. The van der Waals surface area contributed by atoms with E-state index in [0.717, 1.165) is 19.4 Å². The summed E-state index contributed by atoms with van der Waals surface area (Å²) < 4.78 is 13.8. The van der Waals surface area contributed by atoms with Crippen molar-refractivity contribution in [3.05, 3.63) is 47.8 Å². The molecule has 1 aliphatic heterocycles. The average Bonchev–Trinajstić information content (AvgIpc) is 2.48. The number of likely N-dealkylation sites (tertiary alicyclic amines) is 1. The van der Waals surface area contributed by atoms with Gasteiger partial charge in [-0.25, -0.2) is 4.39 Å². The maximum absolute atomic E-state index is 13.8. The van der Waals surface area contributed by atoms with Crippen LogP contribution in [0.25, 0.3) is 10.8 Å². The van der Waals surface area contributed by atoms with Crippen LogP contribution in [0.5, 0.6) is 0 Å². The molecule has 104 valence electrons. The molecule has 3 heteroatoms. The van der Waals surface area contributed by atoms with Crippen molar-refractivity contribution in [1.29, 1.82) is 0 Å². The highest BCUT2D eigenvalue weighted by Gasteiger charge is 2.25. The van der Waals surface area contributed by atoms with E-state index in [1.807, 2.05) is 17.0 Å². The van der Waals surface area contributed by atoms with Gasteiger partial charge in [0.2, 0.25) is 0 Å². The van der Waals surface area contributed by atoms with Crippen molar-refractivity contribution >= 4 is 16.7 Å². The second-order valence-corrected chi connectivity index (χ2v) is 5.48. The van der Waals surface area contributed by atoms with E-state index in [1.54, 1.807) is 18.2 Å². The lowest BCUT2D eigenvalue weighted by atomic mass is 9.99. The predicted octanol–water partition coefficient (Wildman–Crippen LogP) is 3.99. The summed E-state index contributed by atoms with van der Waals surface area (Å²) in [6.45, 7) is 2.88. The van der Waals surface area contributed by atoms with Gasteiger partial charge in [0.25, 0.3) is 5.91 Å². The van der Waals surface area contributed by atoms with Crippen molar-refractivity contribution in [1.82, 2.24) is 4.90 Å². The molecule has 1 atom stereocenters. The van der Waals surface area contributed by atoms with E-state index in [9.17, 15) is 9.18 Å². The Morgan fingerprint density at radius 1 is 1.15 bits per heavy atom. The Bertz CT molecular complexity index is 652. The zero-order valence-electron chi connectivity index (χ0n) is 11.6. The number of halogens is 1. The first-order valence-corrected chi connectivity index (χ1v) is 7.16. The third-order valence-electron chi connectivity index (χ3n) is 4.17. The lowest BCUT2D eigenvalue weighted by Crippen LogP contribution is -2.42. The molecule has 1 fully saturated rings. The maximum atomic E-state index is 13.8. The zero-order valence-corrected chi connectivity index (χ0v) is 11.6. The molecule has 1 amide bonds. The summed E-state index contributed by atoms with van der Waals surface area (Å²) in [7, 11) is 0. The van der Waals surface area contributed by atoms with Crippen LogP contribution in [0, 0.1) is 5.82 Å². The van der Waals surface area contributed by atoms with Gasteiger partial charge in [0.05, 0.1) is 0 Å². The molecule has 0 aromatic heterocycles. The summed E-state index contributed by atoms with van der Waals surface area (Å²) in [6.07, 6.45) is 3.27. The minimum absolute atomic E-state index is 0.0217. The minimum Gasteiger partial charge on any atom is -0.336 e. The van der Waals surface area contributed by atoms with Crippen molar-refractivity contribution in [3.8, 4) is 0 Å². The van der Waals surface area contributed by atoms with Crippen molar-refractivity contribution in [2.24, 2.45) is 0 Å². The van der Waals surface area contributed by atoms with Gasteiger partial charge in [-0.1, -0.05) is 24.3 Å². The number of hydrogen-bond donors (Lipinski definition) is 0. The number of piperidine rings is 1. The van der Waals surface area contributed by atoms with Crippen molar-refractivity contribution < 1.29 is 9.18 Å². The number of carbonyl (C=O) groups excluding carboxylic acids is 1. The van der Waals surface area contributed by atoms with Crippen molar-refractivity contribution in [2.45, 2.75) is 32.2 Å². The standard InChI is InChI=1S/C17H18FNO/c1-12-6-4-5-11-19(12)17(20)15-9-10-16(18)14-8-3-2-7-13(14)15/h2-3,7-10,12H,4-6,11H2,1H3. The lowest BCUT2D eigenvalue weighted by Gasteiger charge is -2.33. The van der Waals surface area contributed by atoms with Gasteiger partial charge in [-0.2, -0.15) is 0 Å². The van der Waals surface area contributed by atoms with Gasteiger partial charge in [-0.15, -0.1) is 0 Å². The van der Waals surface area contributed by atoms with Gasteiger partial charge in [-0.05, 0) is 43.7 Å². The quantitative estimate of drug-likeness (QED) is 0.768. The van der Waals surface area contributed by atoms with Crippen LogP contribution in [0.15, 0.2) is 36.4 Å². The second-order valence-electron chi connectivity index (χ2n) is 5.48. The van der Waals surface area contributed by atoms with E-state index in [1.165, 1.54) is 12.5 Å². The molecule has 0 radical (unpaired) electrons. The normalized spacial score (nSPS) is 19.3. The van der Waals surface area contributed by atoms with Gasteiger partial charge < -0.3 is 4.90 Å². The van der Waals surface area contributed by atoms with Crippen LogP contribution in [-0.2, 0) is 0 Å². The van der Waals surface area contributed by atoms with Crippen molar-refractivity contribution in [2.75, 3.05) is 6.54 Å². The Balaban J connectivity index is 2.06. The number of nitrogens with zero attached hydrogens (tertiary/aromatic N) is 1. The third-order valence-corrected chi connectivity index (χ3v) is 4.17. The summed E-state index contributed by atoms with van der Waals surface area (Å²) >= 11 is 0. The van der Waals surface area contributed by atoms with Crippen LogP contribution < -0.4 is 0 Å². The van der Waals surface area contributed by atoms with Gasteiger partial charge in [0, 0.05) is 23.5 Å². The predicted molar refractivity (Wildman–Crippen MR) is 78.3 cm³/mol.